The number of aromatic amines is 3. The van der Waals surface area contributed by atoms with E-state index >= 15 is 0 Å². The molecule has 2 fully saturated rings. The van der Waals surface area contributed by atoms with Crippen LogP contribution in [0.15, 0.2) is 39.1 Å². The average molecular weight is 1010 g/mol. The molecule has 12 rings (SSSR count). The zero-order chi connectivity index (χ0) is 46.5. The molecule has 18 heteroatoms. The molecule has 2 aromatic carbocycles. The van der Waals surface area contributed by atoms with Crippen LogP contribution in [0, 0.1) is 4.77 Å². The number of nitrogens with zero attached hydrogens (tertiary/aromatic N) is 7. The van der Waals surface area contributed by atoms with Crippen LogP contribution in [-0.4, -0.2) is 90.6 Å². The second kappa shape index (κ2) is 19.3. The van der Waals surface area contributed by atoms with Crippen LogP contribution < -0.4 is 5.32 Å². The van der Waals surface area contributed by atoms with Crippen LogP contribution >= 0.6 is 39.9 Å². The number of aryl methyl sites for hydroxylation is 4. The van der Waals surface area contributed by atoms with Crippen LogP contribution in [0.5, 0.6) is 0 Å². The summed E-state index contributed by atoms with van der Waals surface area (Å²) in [6.07, 6.45) is 15.6. The first kappa shape index (κ1) is 46.6. The molecule has 0 unspecified atom stereocenters. The number of halogens is 1. The summed E-state index contributed by atoms with van der Waals surface area (Å²) < 4.78 is 27.5. The van der Waals surface area contributed by atoms with Crippen LogP contribution in [0.1, 0.15) is 133 Å². The number of aromatic nitrogens is 10. The standard InChI is InChI=1S/C24H30N6O2S.C15H17N3S.C10H15BrN2O2/c1-14(2)30-19(24(31-3)12-32-13-24)11-20(29-30)33-23-26-22(27-28-23)25-21-17-8-4-6-15(17)10-16-7-5-9-18(16)21;19-15-16-14(17-18-15)8-13-11-5-1-3-9(11)7-10-4-2-6-12(10)13;1-7(2)13-8(4-9(11)12-13)10(14-3)5-15-6-10/h10-11,14H,4-9,12-13H2,1-3H3,(H2,25,26,27,28);7H,1-6,8H2,(H2,16,17,18,19);4,7H,5-6H2,1-3H3. The molecule has 4 aromatic heterocycles. The highest BCUT2D eigenvalue weighted by Crippen LogP contribution is 2.42. The molecule has 0 saturated carbocycles. The summed E-state index contributed by atoms with van der Waals surface area (Å²) in [6, 6.07) is 9.54. The molecule has 4 N–H and O–H groups in total. The smallest absolute Gasteiger partial charge is 0.224 e. The summed E-state index contributed by atoms with van der Waals surface area (Å²) in [5, 5.41) is 27.9. The Bertz CT molecular complexity index is 2740. The van der Waals surface area contributed by atoms with Gasteiger partial charge in [-0.1, -0.05) is 12.1 Å². The molecule has 0 spiro atoms. The van der Waals surface area contributed by atoms with E-state index in [9.17, 15) is 0 Å². The number of anilines is 2. The van der Waals surface area contributed by atoms with Crippen molar-refractivity contribution >= 4 is 51.5 Å². The number of rotatable bonds is 12. The first-order chi connectivity index (χ1) is 32.5. The van der Waals surface area contributed by atoms with E-state index in [2.05, 4.69) is 97.6 Å². The molecule has 356 valence electrons. The largest absolute Gasteiger partial charge is 0.374 e. The highest BCUT2D eigenvalue weighted by Gasteiger charge is 2.45. The normalized spacial score (nSPS) is 18.1. The van der Waals surface area contributed by atoms with Gasteiger partial charge in [0.1, 0.15) is 15.5 Å². The predicted octanol–water partition coefficient (Wildman–Crippen LogP) is 9.46. The summed E-state index contributed by atoms with van der Waals surface area (Å²) in [4.78, 5) is 9.09. The Kier molecular flexibility index (Phi) is 13.4. The third-order valence-corrected chi connectivity index (χ3v) is 15.7. The summed E-state index contributed by atoms with van der Waals surface area (Å²) in [6.45, 7) is 10.8. The van der Waals surface area contributed by atoms with E-state index in [0.29, 0.717) is 48.3 Å². The van der Waals surface area contributed by atoms with Crippen LogP contribution in [0.25, 0.3) is 0 Å². The molecule has 2 saturated heterocycles. The SMILES string of the molecule is COC1(c2cc(Br)nn2C(C)C)COC1.COC1(c2cc(Sc3n[nH]c(Nc4c5c(cc6c4CCC6)CCC5)n3)nn2C(C)C)COC1.S=c1nc(Cc2c3c(cc4c2CCC4)CCC3)[nH][nH]1. The molecule has 6 heterocycles. The second-order valence-electron chi connectivity index (χ2n) is 19.2. The Morgan fingerprint density at radius 1 is 0.716 bits per heavy atom. The maximum Gasteiger partial charge on any atom is 0.224 e. The summed E-state index contributed by atoms with van der Waals surface area (Å²) >= 11 is 9.91. The van der Waals surface area contributed by atoms with Crippen molar-refractivity contribution in [3.8, 4) is 0 Å². The van der Waals surface area contributed by atoms with Crippen LogP contribution in [0.4, 0.5) is 11.6 Å². The van der Waals surface area contributed by atoms with E-state index in [4.69, 9.17) is 41.2 Å². The lowest BCUT2D eigenvalue weighted by molar-refractivity contribution is -0.206. The first-order valence-electron chi connectivity index (χ1n) is 23.9. The Morgan fingerprint density at radius 2 is 1.24 bits per heavy atom. The third-order valence-electron chi connectivity index (χ3n) is 14.3. The van der Waals surface area contributed by atoms with Gasteiger partial charge < -0.3 is 24.3 Å². The van der Waals surface area contributed by atoms with Crippen molar-refractivity contribution in [2.24, 2.45) is 0 Å². The number of hydrogen-bond donors (Lipinski definition) is 4. The van der Waals surface area contributed by atoms with E-state index in [1.807, 2.05) is 15.4 Å². The number of nitrogens with one attached hydrogen (secondary N) is 4. The number of fused-ring (bicyclic) bond motifs is 4. The van der Waals surface area contributed by atoms with Gasteiger partial charge in [-0.3, -0.25) is 19.6 Å². The monoisotopic (exact) mass is 1010 g/mol. The van der Waals surface area contributed by atoms with Crippen molar-refractivity contribution < 1.29 is 18.9 Å². The van der Waals surface area contributed by atoms with Gasteiger partial charge in [-0.05, 0) is 207 Å². The Labute approximate surface area is 409 Å². The van der Waals surface area contributed by atoms with Gasteiger partial charge in [-0.25, -0.2) is 10.1 Å². The van der Waals surface area contributed by atoms with E-state index in [1.54, 1.807) is 42.0 Å². The van der Waals surface area contributed by atoms with E-state index < -0.39 is 5.60 Å². The maximum atomic E-state index is 5.82. The Hall–Kier alpha value is -4.17. The van der Waals surface area contributed by atoms with Crippen molar-refractivity contribution in [3.63, 3.8) is 0 Å². The van der Waals surface area contributed by atoms with Gasteiger partial charge in [0.2, 0.25) is 15.9 Å². The zero-order valence-corrected chi connectivity index (χ0v) is 42.7. The Balaban J connectivity index is 0.000000130. The molecule has 6 aromatic rings. The molecular formula is C49H62BrN11O4S2. The lowest BCUT2D eigenvalue weighted by Crippen LogP contribution is -2.49. The highest BCUT2D eigenvalue weighted by molar-refractivity contribution is 9.10. The van der Waals surface area contributed by atoms with Gasteiger partial charge in [0.25, 0.3) is 0 Å². The molecule has 0 amide bonds. The minimum Gasteiger partial charge on any atom is -0.374 e. The fourth-order valence-corrected chi connectivity index (χ4v) is 12.1. The highest BCUT2D eigenvalue weighted by atomic mass is 79.9. The fourth-order valence-electron chi connectivity index (χ4n) is 10.8. The topological polar surface area (TPSA) is 171 Å². The molecule has 0 bridgehead atoms. The van der Waals surface area contributed by atoms with Gasteiger partial charge >= 0.3 is 0 Å². The van der Waals surface area contributed by atoms with Crippen molar-refractivity contribution in [2.75, 3.05) is 46.0 Å². The summed E-state index contributed by atoms with van der Waals surface area (Å²) in [7, 11) is 3.45. The van der Waals surface area contributed by atoms with Crippen LogP contribution in [0.2, 0.25) is 0 Å². The average Bonchev–Trinajstić information content (AvgIpc) is 4.13. The van der Waals surface area contributed by atoms with Gasteiger partial charge in [-0.15, -0.1) is 5.10 Å². The number of benzene rings is 2. The van der Waals surface area contributed by atoms with Gasteiger partial charge in [0.15, 0.2) is 11.2 Å². The van der Waals surface area contributed by atoms with Crippen LogP contribution in [-0.2, 0) is 87.9 Å². The van der Waals surface area contributed by atoms with Crippen molar-refractivity contribution in [1.29, 1.82) is 0 Å². The number of hydrogen-bond acceptors (Lipinski definition) is 12. The quantitative estimate of drug-likeness (QED) is 0.0858. The molecule has 6 aliphatic rings. The van der Waals surface area contributed by atoms with Gasteiger partial charge in [0, 0.05) is 38.4 Å². The minimum atomic E-state index is -0.421. The van der Waals surface area contributed by atoms with Crippen molar-refractivity contribution in [3.05, 3.63) is 101 Å². The predicted molar refractivity (Wildman–Crippen MR) is 263 cm³/mol. The number of H-pyrrole nitrogens is 3. The third kappa shape index (κ3) is 9.11. The summed E-state index contributed by atoms with van der Waals surface area (Å²) in [5.74, 6) is 1.66. The van der Waals surface area contributed by atoms with Crippen molar-refractivity contribution in [1.82, 2.24) is 49.9 Å². The van der Waals surface area contributed by atoms with E-state index in [0.717, 1.165) is 46.1 Å². The number of methoxy groups -OCH3 is 2. The lowest BCUT2D eigenvalue weighted by atomic mass is 9.92. The van der Waals surface area contributed by atoms with E-state index in [1.165, 1.54) is 104 Å². The first-order valence-corrected chi connectivity index (χ1v) is 25.9. The molecule has 0 radical (unpaired) electrons. The van der Waals surface area contributed by atoms with Gasteiger partial charge in [0.05, 0.1) is 37.8 Å². The maximum absolute atomic E-state index is 5.82. The molecule has 4 aliphatic carbocycles. The second-order valence-corrected chi connectivity index (χ2v) is 21.4. The zero-order valence-electron chi connectivity index (χ0n) is 39.4. The fraction of sp³-hybridized carbons (Fsp3) is 0.551. The van der Waals surface area contributed by atoms with Crippen LogP contribution in [0.3, 0.4) is 0 Å². The Morgan fingerprint density at radius 3 is 1.73 bits per heavy atom. The molecule has 0 atom stereocenters. The molecule has 15 nitrogen and oxygen atoms in total. The lowest BCUT2D eigenvalue weighted by Gasteiger charge is -2.40. The molecule has 2 aliphatic heterocycles. The summed E-state index contributed by atoms with van der Waals surface area (Å²) in [5.41, 5.74) is 16.5. The molecule has 67 heavy (non-hydrogen) atoms. The minimum absolute atomic E-state index is 0.216. The van der Waals surface area contributed by atoms with Gasteiger partial charge in [-0.2, -0.15) is 15.2 Å². The van der Waals surface area contributed by atoms with E-state index in [-0.39, 0.29) is 11.6 Å². The molecular weight excluding hydrogens is 951 g/mol. The van der Waals surface area contributed by atoms with Crippen molar-refractivity contribution in [2.45, 2.75) is 145 Å². The number of ether oxygens (including phenoxy) is 4.